The van der Waals surface area contributed by atoms with Crippen molar-refractivity contribution >= 4 is 33.2 Å². The Morgan fingerprint density at radius 3 is 3.00 bits per heavy atom. The molecule has 0 bridgehead atoms. The van der Waals surface area contributed by atoms with E-state index in [0.717, 1.165) is 28.9 Å². The summed E-state index contributed by atoms with van der Waals surface area (Å²) in [5, 5.41) is 9.05. The Kier molecular flexibility index (Phi) is 2.64. The molecule has 1 aromatic heterocycles. The number of carboxylic acids is 1. The van der Waals surface area contributed by atoms with Crippen LogP contribution in [-0.2, 0) is 13.0 Å². The maximum absolute atomic E-state index is 11.0. The van der Waals surface area contributed by atoms with Crippen LogP contribution in [0.5, 0.6) is 0 Å². The number of carboxylic acid groups (broad SMARTS) is 1. The third kappa shape index (κ3) is 1.60. The zero-order chi connectivity index (χ0) is 10.3. The lowest BCUT2D eigenvalue weighted by Gasteiger charge is -2.22. The number of hydrogen-bond donors (Lipinski definition) is 1. The number of hydrogen-bond acceptors (Lipinski definition) is 3. The normalized spacial score (nSPS) is 16.7. The van der Waals surface area contributed by atoms with Gasteiger partial charge in [-0.1, -0.05) is 0 Å². The molecular weight excluding hydrogens is 266 g/mol. The lowest BCUT2D eigenvalue weighted by atomic mass is 10.1. The van der Waals surface area contributed by atoms with Gasteiger partial charge >= 0.3 is 5.97 Å². The SMILES string of the molecule is CN1CCc2sc(Br)c(C(=O)O)c2C1. The second-order valence-electron chi connectivity index (χ2n) is 3.45. The quantitative estimate of drug-likeness (QED) is 0.854. The number of likely N-dealkylation sites (N-methyl/N-ethyl adjacent to an activating group) is 1. The molecule has 14 heavy (non-hydrogen) atoms. The van der Waals surface area contributed by atoms with Gasteiger partial charge in [-0.3, -0.25) is 0 Å². The molecule has 3 nitrogen and oxygen atoms in total. The highest BCUT2D eigenvalue weighted by Gasteiger charge is 2.25. The average molecular weight is 276 g/mol. The molecule has 2 heterocycles. The summed E-state index contributed by atoms with van der Waals surface area (Å²) in [7, 11) is 2.01. The third-order valence-electron chi connectivity index (χ3n) is 2.41. The van der Waals surface area contributed by atoms with Crippen molar-refractivity contribution in [3.63, 3.8) is 0 Å². The third-order valence-corrected chi connectivity index (χ3v) is 4.37. The van der Waals surface area contributed by atoms with Gasteiger partial charge in [-0.25, -0.2) is 4.79 Å². The highest BCUT2D eigenvalue weighted by Crippen LogP contribution is 2.36. The number of aromatic carboxylic acids is 1. The van der Waals surface area contributed by atoms with Gasteiger partial charge in [-0.2, -0.15) is 0 Å². The van der Waals surface area contributed by atoms with Crippen molar-refractivity contribution in [2.45, 2.75) is 13.0 Å². The number of rotatable bonds is 1. The minimum atomic E-state index is -0.829. The van der Waals surface area contributed by atoms with E-state index in [9.17, 15) is 4.79 Å². The summed E-state index contributed by atoms with van der Waals surface area (Å²) in [5.74, 6) is -0.829. The van der Waals surface area contributed by atoms with Crippen molar-refractivity contribution in [1.29, 1.82) is 0 Å². The Labute approximate surface area is 94.5 Å². The van der Waals surface area contributed by atoms with Crippen LogP contribution < -0.4 is 0 Å². The Balaban J connectivity index is 2.50. The standard InChI is InChI=1S/C9H10BrNO2S/c1-11-3-2-6-5(4-11)7(9(12)13)8(10)14-6/h2-4H2,1H3,(H,12,13). The predicted octanol–water partition coefficient (Wildman–Crippen LogP) is 2.20. The van der Waals surface area contributed by atoms with Crippen LogP contribution in [0.2, 0.25) is 0 Å². The van der Waals surface area contributed by atoms with Crippen molar-refractivity contribution in [2.24, 2.45) is 0 Å². The van der Waals surface area contributed by atoms with Crippen LogP contribution in [0.25, 0.3) is 0 Å². The largest absolute Gasteiger partial charge is 0.478 e. The molecule has 1 aliphatic heterocycles. The van der Waals surface area contributed by atoms with Gasteiger partial charge in [0.2, 0.25) is 0 Å². The summed E-state index contributed by atoms with van der Waals surface area (Å²) in [6, 6.07) is 0. The van der Waals surface area contributed by atoms with Gasteiger partial charge in [0.25, 0.3) is 0 Å². The topological polar surface area (TPSA) is 40.5 Å². The van der Waals surface area contributed by atoms with E-state index in [1.165, 1.54) is 4.88 Å². The summed E-state index contributed by atoms with van der Waals surface area (Å²) in [6.45, 7) is 1.76. The first-order chi connectivity index (χ1) is 6.59. The molecule has 1 aromatic rings. The van der Waals surface area contributed by atoms with Crippen molar-refractivity contribution in [3.05, 3.63) is 19.8 Å². The van der Waals surface area contributed by atoms with Crippen molar-refractivity contribution < 1.29 is 9.90 Å². The minimum Gasteiger partial charge on any atom is -0.478 e. The summed E-state index contributed by atoms with van der Waals surface area (Å²) >= 11 is 4.87. The molecule has 0 atom stereocenters. The van der Waals surface area contributed by atoms with E-state index in [-0.39, 0.29) is 0 Å². The van der Waals surface area contributed by atoms with Crippen LogP contribution >= 0.6 is 27.3 Å². The number of nitrogens with zero attached hydrogens (tertiary/aromatic N) is 1. The summed E-state index contributed by atoms with van der Waals surface area (Å²) in [4.78, 5) is 14.4. The van der Waals surface area contributed by atoms with Gasteiger partial charge < -0.3 is 10.0 Å². The number of carbonyl (C=O) groups is 1. The first-order valence-electron chi connectivity index (χ1n) is 4.31. The average Bonchev–Trinajstić information content (AvgIpc) is 2.40. The molecule has 0 unspecified atom stereocenters. The van der Waals surface area contributed by atoms with Crippen LogP contribution in [0.4, 0.5) is 0 Å². The lowest BCUT2D eigenvalue weighted by Crippen LogP contribution is -2.26. The van der Waals surface area contributed by atoms with E-state index in [1.807, 2.05) is 7.05 Å². The predicted molar refractivity (Wildman–Crippen MR) is 59.0 cm³/mol. The molecule has 0 aromatic carbocycles. The molecule has 5 heteroatoms. The zero-order valence-electron chi connectivity index (χ0n) is 7.71. The fourth-order valence-corrected chi connectivity index (χ4v) is 3.71. The smallest absolute Gasteiger partial charge is 0.338 e. The molecule has 1 aliphatic rings. The highest BCUT2D eigenvalue weighted by atomic mass is 79.9. The zero-order valence-corrected chi connectivity index (χ0v) is 10.1. The van der Waals surface area contributed by atoms with Crippen molar-refractivity contribution in [3.8, 4) is 0 Å². The fourth-order valence-electron chi connectivity index (χ4n) is 1.70. The Morgan fingerprint density at radius 2 is 2.36 bits per heavy atom. The van der Waals surface area contributed by atoms with Crippen LogP contribution in [0, 0.1) is 0 Å². The number of thiophene rings is 1. The van der Waals surface area contributed by atoms with Crippen LogP contribution in [-0.4, -0.2) is 29.6 Å². The van der Waals surface area contributed by atoms with Gasteiger partial charge in [-0.15, -0.1) is 11.3 Å². The number of halogens is 1. The molecule has 76 valence electrons. The van der Waals surface area contributed by atoms with E-state index in [0.29, 0.717) is 5.56 Å². The van der Waals surface area contributed by atoms with Crippen LogP contribution in [0.3, 0.4) is 0 Å². The molecule has 0 spiro atoms. The van der Waals surface area contributed by atoms with E-state index in [1.54, 1.807) is 11.3 Å². The van der Waals surface area contributed by atoms with Gasteiger partial charge in [0, 0.05) is 18.0 Å². The molecule has 0 aliphatic carbocycles. The van der Waals surface area contributed by atoms with E-state index in [4.69, 9.17) is 5.11 Å². The van der Waals surface area contributed by atoms with Crippen LogP contribution in [0.15, 0.2) is 3.79 Å². The molecule has 0 radical (unpaired) electrons. The van der Waals surface area contributed by atoms with Gasteiger partial charge in [0.05, 0.1) is 9.35 Å². The summed E-state index contributed by atoms with van der Waals surface area (Å²) in [6.07, 6.45) is 0.961. The molecule has 0 amide bonds. The monoisotopic (exact) mass is 275 g/mol. The molecule has 0 saturated heterocycles. The Bertz CT molecular complexity index is 388. The first kappa shape index (κ1) is 10.1. The number of fused-ring (bicyclic) bond motifs is 1. The first-order valence-corrected chi connectivity index (χ1v) is 5.92. The maximum Gasteiger partial charge on any atom is 0.338 e. The van der Waals surface area contributed by atoms with Crippen LogP contribution in [0.1, 0.15) is 20.8 Å². The second kappa shape index (κ2) is 3.64. The fraction of sp³-hybridized carbons (Fsp3) is 0.444. The molecule has 0 saturated carbocycles. The van der Waals surface area contributed by atoms with Gasteiger partial charge in [0.1, 0.15) is 0 Å². The van der Waals surface area contributed by atoms with E-state index < -0.39 is 5.97 Å². The summed E-state index contributed by atoms with van der Waals surface area (Å²) < 4.78 is 0.755. The Hall–Kier alpha value is -0.390. The molecule has 1 N–H and O–H groups in total. The lowest BCUT2D eigenvalue weighted by molar-refractivity contribution is 0.0694. The Morgan fingerprint density at radius 1 is 1.64 bits per heavy atom. The molecule has 2 rings (SSSR count). The van der Waals surface area contributed by atoms with Gasteiger partial charge in [-0.05, 0) is 35.0 Å². The van der Waals surface area contributed by atoms with Crippen molar-refractivity contribution in [2.75, 3.05) is 13.6 Å². The molecule has 0 fully saturated rings. The highest BCUT2D eigenvalue weighted by molar-refractivity contribution is 9.11. The van der Waals surface area contributed by atoms with E-state index in [2.05, 4.69) is 20.8 Å². The minimum absolute atomic E-state index is 0.455. The molecular formula is C9H10BrNO2S. The summed E-state index contributed by atoms with van der Waals surface area (Å²) in [5.41, 5.74) is 1.44. The van der Waals surface area contributed by atoms with E-state index >= 15 is 0 Å². The maximum atomic E-state index is 11.0. The second-order valence-corrected chi connectivity index (χ2v) is 5.87. The van der Waals surface area contributed by atoms with Crippen molar-refractivity contribution in [1.82, 2.24) is 4.90 Å². The van der Waals surface area contributed by atoms with Gasteiger partial charge in [0.15, 0.2) is 0 Å².